The van der Waals surface area contributed by atoms with Crippen LogP contribution in [0.1, 0.15) is 23.2 Å². The van der Waals surface area contributed by atoms with Crippen molar-refractivity contribution in [2.45, 2.75) is 19.3 Å². The van der Waals surface area contributed by atoms with Crippen molar-refractivity contribution >= 4 is 0 Å². The van der Waals surface area contributed by atoms with Crippen LogP contribution in [0.25, 0.3) is 0 Å². The van der Waals surface area contributed by atoms with Gasteiger partial charge < -0.3 is 4.57 Å². The summed E-state index contributed by atoms with van der Waals surface area (Å²) in [6, 6.07) is 13.1. The van der Waals surface area contributed by atoms with E-state index < -0.39 is 0 Å². The Bertz CT molecular complexity index is 734. The van der Waals surface area contributed by atoms with Gasteiger partial charge in [-0.15, -0.1) is 0 Å². The maximum absolute atomic E-state index is 2.48. The fourth-order valence-corrected chi connectivity index (χ4v) is 3.46. The van der Waals surface area contributed by atoms with E-state index >= 15 is 0 Å². The highest BCUT2D eigenvalue weighted by Gasteiger charge is 2.43. The van der Waals surface area contributed by atoms with Crippen molar-refractivity contribution in [2.24, 2.45) is 0 Å². The summed E-state index contributed by atoms with van der Waals surface area (Å²) in [5.74, 6) is 0. The number of pyridine rings is 1. The molecule has 5 rings (SSSR count). The van der Waals surface area contributed by atoms with Gasteiger partial charge in [-0.2, -0.15) is 4.57 Å². The Labute approximate surface area is 110 Å². The molecule has 4 heteroatoms. The molecule has 0 aromatic carbocycles. The summed E-state index contributed by atoms with van der Waals surface area (Å²) in [6.07, 6.45) is 6.74. The third-order valence-corrected chi connectivity index (χ3v) is 4.27. The molecule has 0 aliphatic carbocycles. The monoisotopic (exact) mass is 250 g/mol. The molecular weight excluding hydrogens is 236 g/mol. The summed E-state index contributed by atoms with van der Waals surface area (Å²) >= 11 is 0. The second-order valence-corrected chi connectivity index (χ2v) is 5.28. The highest BCUT2D eigenvalue weighted by molar-refractivity contribution is 5.17. The normalized spacial score (nSPS) is 18.6. The lowest BCUT2D eigenvalue weighted by Crippen LogP contribution is -2.65. The molecule has 92 valence electrons. The first-order valence-corrected chi connectivity index (χ1v) is 6.66. The van der Waals surface area contributed by atoms with Gasteiger partial charge in [-0.25, -0.2) is 0 Å². The number of nitrogens with zero attached hydrogens (tertiary/aromatic N) is 4. The van der Waals surface area contributed by atoms with E-state index in [1.807, 2.05) is 0 Å². The number of fused-ring (bicyclic) bond motifs is 4. The van der Waals surface area contributed by atoms with Crippen LogP contribution in [0.4, 0.5) is 0 Å². The van der Waals surface area contributed by atoms with E-state index in [4.69, 9.17) is 0 Å². The third kappa shape index (κ3) is 1.09. The molecule has 5 heterocycles. The highest BCUT2D eigenvalue weighted by Crippen LogP contribution is 2.24. The Kier molecular flexibility index (Phi) is 1.58. The zero-order valence-corrected chi connectivity index (χ0v) is 10.5. The fourth-order valence-electron chi connectivity index (χ4n) is 3.46. The van der Waals surface area contributed by atoms with Gasteiger partial charge in [0.15, 0.2) is 6.20 Å². The number of rotatable bonds is 0. The van der Waals surface area contributed by atoms with Crippen molar-refractivity contribution in [2.75, 3.05) is 0 Å². The van der Waals surface area contributed by atoms with E-state index in [0.717, 1.165) is 13.1 Å². The van der Waals surface area contributed by atoms with Crippen molar-refractivity contribution < 1.29 is 9.25 Å². The van der Waals surface area contributed by atoms with E-state index in [1.165, 1.54) is 17.1 Å². The predicted molar refractivity (Wildman–Crippen MR) is 67.4 cm³/mol. The summed E-state index contributed by atoms with van der Waals surface area (Å²) < 4.78 is 9.43. The molecule has 0 bridgehead atoms. The van der Waals surface area contributed by atoms with E-state index in [0.29, 0.717) is 0 Å². The Morgan fingerprint density at radius 1 is 1.00 bits per heavy atom. The predicted octanol–water partition coefficient (Wildman–Crippen LogP) is 0.683. The molecule has 1 atom stereocenters. The van der Waals surface area contributed by atoms with Crippen molar-refractivity contribution in [3.05, 3.63) is 72.1 Å². The molecule has 19 heavy (non-hydrogen) atoms. The highest BCUT2D eigenvalue weighted by atomic mass is 15.5. The molecule has 3 aromatic rings. The molecular formula is C15H14N4+2. The summed E-state index contributed by atoms with van der Waals surface area (Å²) in [5, 5.41) is 0. The van der Waals surface area contributed by atoms with E-state index in [1.54, 1.807) is 0 Å². The SMILES string of the molecule is c1cc2[n+]3c(c1)C[n+]1cccn1C3c1cccn1C2. The lowest BCUT2D eigenvalue weighted by atomic mass is 10.1. The van der Waals surface area contributed by atoms with Gasteiger partial charge in [0.1, 0.15) is 12.2 Å². The molecule has 0 saturated heterocycles. The fraction of sp³-hybridized carbons (Fsp3) is 0.200. The summed E-state index contributed by atoms with van der Waals surface area (Å²) in [5.41, 5.74) is 4.12. The standard InChI is InChI=1S/C15H14N4/c1-4-12-10-16-7-2-6-14(16)15-18-9-3-8-17(18)11-13(5-1)19(12)15/h1-9,15H,10-11H2/q+2. The molecule has 3 aromatic heterocycles. The van der Waals surface area contributed by atoms with Crippen LogP contribution in [0.5, 0.6) is 0 Å². The second kappa shape index (κ2) is 3.15. The Morgan fingerprint density at radius 2 is 1.95 bits per heavy atom. The number of hydrogen-bond acceptors (Lipinski definition) is 0. The van der Waals surface area contributed by atoms with E-state index in [2.05, 4.69) is 73.5 Å². The van der Waals surface area contributed by atoms with Crippen LogP contribution in [0.3, 0.4) is 0 Å². The van der Waals surface area contributed by atoms with Gasteiger partial charge in [0.05, 0.1) is 6.20 Å². The van der Waals surface area contributed by atoms with E-state index in [-0.39, 0.29) is 6.17 Å². The maximum atomic E-state index is 2.48. The zero-order valence-electron chi connectivity index (χ0n) is 10.5. The van der Waals surface area contributed by atoms with Crippen molar-refractivity contribution in [1.29, 1.82) is 0 Å². The minimum Gasteiger partial charge on any atom is -0.333 e. The smallest absolute Gasteiger partial charge is 0.325 e. The Balaban J connectivity index is 1.89. The van der Waals surface area contributed by atoms with Gasteiger partial charge in [-0.1, -0.05) is 9.36 Å². The topological polar surface area (TPSA) is 17.6 Å². The number of aromatic nitrogens is 4. The Hall–Kier alpha value is -2.36. The molecule has 0 spiro atoms. The molecule has 0 amide bonds. The molecule has 2 aliphatic heterocycles. The molecule has 2 aliphatic rings. The van der Waals surface area contributed by atoms with Gasteiger partial charge in [0.25, 0.3) is 12.2 Å². The first-order valence-electron chi connectivity index (χ1n) is 6.66. The van der Waals surface area contributed by atoms with Gasteiger partial charge in [0.2, 0.25) is 5.69 Å². The van der Waals surface area contributed by atoms with Crippen LogP contribution in [-0.2, 0) is 13.1 Å². The van der Waals surface area contributed by atoms with Crippen LogP contribution in [0, 0.1) is 0 Å². The first-order chi connectivity index (χ1) is 9.42. The van der Waals surface area contributed by atoms with Crippen LogP contribution >= 0.6 is 0 Å². The van der Waals surface area contributed by atoms with Crippen LogP contribution in [0.2, 0.25) is 0 Å². The van der Waals surface area contributed by atoms with Gasteiger partial charge in [-0.3, -0.25) is 0 Å². The lowest BCUT2D eigenvalue weighted by molar-refractivity contribution is -0.875. The van der Waals surface area contributed by atoms with Crippen molar-refractivity contribution in [3.63, 3.8) is 0 Å². The van der Waals surface area contributed by atoms with Crippen LogP contribution < -0.4 is 9.25 Å². The molecule has 1 unspecified atom stereocenters. The van der Waals surface area contributed by atoms with Gasteiger partial charge in [0, 0.05) is 24.4 Å². The third-order valence-electron chi connectivity index (χ3n) is 4.27. The van der Waals surface area contributed by atoms with Crippen LogP contribution in [-0.4, -0.2) is 9.25 Å². The quantitative estimate of drug-likeness (QED) is 0.360. The molecule has 0 fully saturated rings. The lowest BCUT2D eigenvalue weighted by Gasteiger charge is -2.25. The largest absolute Gasteiger partial charge is 0.333 e. The minimum absolute atomic E-state index is 0.249. The van der Waals surface area contributed by atoms with Crippen molar-refractivity contribution in [1.82, 2.24) is 9.25 Å². The summed E-state index contributed by atoms with van der Waals surface area (Å²) in [7, 11) is 0. The van der Waals surface area contributed by atoms with Crippen molar-refractivity contribution in [3.8, 4) is 0 Å². The maximum Gasteiger partial charge on any atom is 0.325 e. The van der Waals surface area contributed by atoms with E-state index in [9.17, 15) is 0 Å². The molecule has 0 saturated carbocycles. The summed E-state index contributed by atoms with van der Waals surface area (Å²) in [4.78, 5) is 0. The summed E-state index contributed by atoms with van der Waals surface area (Å²) in [6.45, 7) is 1.91. The Morgan fingerprint density at radius 3 is 2.95 bits per heavy atom. The molecule has 4 nitrogen and oxygen atoms in total. The first kappa shape index (κ1) is 9.55. The van der Waals surface area contributed by atoms with Gasteiger partial charge >= 0.3 is 6.17 Å². The zero-order chi connectivity index (χ0) is 12.4. The van der Waals surface area contributed by atoms with Gasteiger partial charge in [-0.05, 0) is 18.2 Å². The minimum atomic E-state index is 0.249. The second-order valence-electron chi connectivity index (χ2n) is 5.28. The molecule has 0 radical (unpaired) electrons. The molecule has 0 N–H and O–H groups in total. The average molecular weight is 250 g/mol. The van der Waals surface area contributed by atoms with Crippen LogP contribution in [0.15, 0.2) is 55.0 Å². The average Bonchev–Trinajstić information content (AvgIpc) is 3.05. The number of hydrogen-bond donors (Lipinski definition) is 0.